The van der Waals surface area contributed by atoms with Crippen LogP contribution in [0.2, 0.25) is 0 Å². The molecule has 1 atom stereocenters. The number of carbonyl (C=O) groups is 1. The van der Waals surface area contributed by atoms with Crippen LogP contribution in [0, 0.1) is 0 Å². The first-order valence-corrected chi connectivity index (χ1v) is 6.70. The Balaban J connectivity index is 1.73. The summed E-state index contributed by atoms with van der Waals surface area (Å²) in [6, 6.07) is 7.10. The van der Waals surface area contributed by atoms with E-state index in [1.54, 1.807) is 24.3 Å². The molecular weight excluding hydrogens is 260 g/mol. The fraction of sp³-hybridized carbons (Fsp3) is 0.533. The zero-order valence-electron chi connectivity index (χ0n) is 11.8. The van der Waals surface area contributed by atoms with Gasteiger partial charge in [-0.25, -0.2) is 0 Å². The summed E-state index contributed by atoms with van der Waals surface area (Å²) in [6.45, 7) is 4.93. The molecule has 0 aromatic heterocycles. The van der Waals surface area contributed by atoms with E-state index in [1.807, 2.05) is 13.8 Å². The molecule has 1 saturated heterocycles. The minimum absolute atomic E-state index is 0.0304. The Morgan fingerprint density at radius 1 is 1.40 bits per heavy atom. The number of ether oxygens (including phenoxy) is 3. The summed E-state index contributed by atoms with van der Waals surface area (Å²) in [5, 5.41) is 8.68. The van der Waals surface area contributed by atoms with Crippen molar-refractivity contribution in [1.82, 2.24) is 0 Å². The van der Waals surface area contributed by atoms with Crippen LogP contribution < -0.4 is 4.74 Å². The van der Waals surface area contributed by atoms with E-state index in [9.17, 15) is 4.79 Å². The molecule has 1 fully saturated rings. The van der Waals surface area contributed by atoms with Crippen molar-refractivity contribution in [3.8, 4) is 5.75 Å². The van der Waals surface area contributed by atoms with Crippen LogP contribution in [0.25, 0.3) is 0 Å². The maximum atomic E-state index is 10.6. The number of aliphatic carboxylic acids is 1. The Labute approximate surface area is 118 Å². The molecule has 0 radical (unpaired) electrons. The second kappa shape index (κ2) is 6.24. The Kier molecular flexibility index (Phi) is 4.62. The number of carboxylic acid groups (broad SMARTS) is 1. The molecule has 0 aliphatic carbocycles. The highest BCUT2D eigenvalue weighted by Crippen LogP contribution is 2.24. The third kappa shape index (κ3) is 4.51. The first-order chi connectivity index (χ1) is 9.44. The second-order valence-corrected chi connectivity index (χ2v) is 5.30. The van der Waals surface area contributed by atoms with E-state index in [2.05, 4.69) is 0 Å². The van der Waals surface area contributed by atoms with Gasteiger partial charge in [-0.15, -0.1) is 0 Å². The third-order valence-electron chi connectivity index (χ3n) is 3.05. The van der Waals surface area contributed by atoms with E-state index in [0.29, 0.717) is 13.2 Å². The van der Waals surface area contributed by atoms with Gasteiger partial charge in [0.15, 0.2) is 5.79 Å². The van der Waals surface area contributed by atoms with Crippen molar-refractivity contribution in [2.75, 3.05) is 13.2 Å². The largest absolute Gasteiger partial charge is 0.493 e. The molecule has 1 aromatic rings. The summed E-state index contributed by atoms with van der Waals surface area (Å²) in [5.74, 6) is -0.597. The van der Waals surface area contributed by atoms with Crippen LogP contribution in [-0.4, -0.2) is 36.2 Å². The van der Waals surface area contributed by atoms with Gasteiger partial charge in [0.05, 0.1) is 25.7 Å². The predicted molar refractivity (Wildman–Crippen MR) is 72.8 cm³/mol. The molecule has 1 heterocycles. The van der Waals surface area contributed by atoms with Crippen molar-refractivity contribution >= 4 is 5.97 Å². The standard InChI is InChI=1S/C15H20O5/c1-15(2)19-10-13(20-15)7-8-18-12-5-3-11(4-6-12)9-14(16)17/h3-6,13H,7-10H2,1-2H3,(H,16,17). The fourth-order valence-electron chi connectivity index (χ4n) is 2.09. The number of rotatable bonds is 6. The maximum absolute atomic E-state index is 10.6. The normalized spacial score (nSPS) is 20.8. The number of hydrogen-bond acceptors (Lipinski definition) is 4. The zero-order chi connectivity index (χ0) is 14.6. The summed E-state index contributed by atoms with van der Waals surface area (Å²) < 4.78 is 16.8. The van der Waals surface area contributed by atoms with E-state index in [4.69, 9.17) is 19.3 Å². The summed E-state index contributed by atoms with van der Waals surface area (Å²) >= 11 is 0. The smallest absolute Gasteiger partial charge is 0.307 e. The first kappa shape index (κ1) is 14.8. The molecule has 5 nitrogen and oxygen atoms in total. The molecule has 1 aromatic carbocycles. The van der Waals surface area contributed by atoms with Crippen LogP contribution in [-0.2, 0) is 20.7 Å². The van der Waals surface area contributed by atoms with E-state index >= 15 is 0 Å². The SMILES string of the molecule is CC1(C)OCC(CCOc2ccc(CC(=O)O)cc2)O1. The Morgan fingerprint density at radius 2 is 2.10 bits per heavy atom. The van der Waals surface area contributed by atoms with Crippen LogP contribution in [0.5, 0.6) is 5.75 Å². The lowest BCUT2D eigenvalue weighted by Crippen LogP contribution is -2.22. The van der Waals surface area contributed by atoms with Crippen LogP contribution in [0.4, 0.5) is 0 Å². The van der Waals surface area contributed by atoms with Gasteiger partial charge in [-0.05, 0) is 31.5 Å². The molecule has 110 valence electrons. The van der Waals surface area contributed by atoms with E-state index in [-0.39, 0.29) is 12.5 Å². The molecule has 0 saturated carbocycles. The van der Waals surface area contributed by atoms with Gasteiger partial charge in [-0.3, -0.25) is 4.79 Å². The summed E-state index contributed by atoms with van der Waals surface area (Å²) in [4.78, 5) is 10.6. The molecule has 20 heavy (non-hydrogen) atoms. The van der Waals surface area contributed by atoms with Crippen molar-refractivity contribution in [2.45, 2.75) is 38.6 Å². The van der Waals surface area contributed by atoms with Crippen LogP contribution in [0.3, 0.4) is 0 Å². The lowest BCUT2D eigenvalue weighted by atomic mass is 10.1. The molecular formula is C15H20O5. The van der Waals surface area contributed by atoms with Crippen molar-refractivity contribution in [3.63, 3.8) is 0 Å². The van der Waals surface area contributed by atoms with Crippen molar-refractivity contribution < 1.29 is 24.1 Å². The Hall–Kier alpha value is -1.59. The quantitative estimate of drug-likeness (QED) is 0.865. The van der Waals surface area contributed by atoms with Gasteiger partial charge in [-0.1, -0.05) is 12.1 Å². The highest BCUT2D eigenvalue weighted by Gasteiger charge is 2.32. The molecule has 1 aliphatic heterocycles. The van der Waals surface area contributed by atoms with Crippen molar-refractivity contribution in [1.29, 1.82) is 0 Å². The minimum Gasteiger partial charge on any atom is -0.493 e. The van der Waals surface area contributed by atoms with Crippen molar-refractivity contribution in [2.24, 2.45) is 0 Å². The maximum Gasteiger partial charge on any atom is 0.307 e. The Morgan fingerprint density at radius 3 is 2.65 bits per heavy atom. The summed E-state index contributed by atoms with van der Waals surface area (Å²) in [5.41, 5.74) is 0.763. The molecule has 1 aliphatic rings. The van der Waals surface area contributed by atoms with E-state index < -0.39 is 11.8 Å². The molecule has 2 rings (SSSR count). The van der Waals surface area contributed by atoms with E-state index in [0.717, 1.165) is 17.7 Å². The Bertz CT molecular complexity index is 452. The predicted octanol–water partition coefficient (Wildman–Crippen LogP) is 2.23. The van der Waals surface area contributed by atoms with Gasteiger partial charge in [-0.2, -0.15) is 0 Å². The second-order valence-electron chi connectivity index (χ2n) is 5.30. The molecule has 0 amide bonds. The molecule has 5 heteroatoms. The monoisotopic (exact) mass is 280 g/mol. The van der Waals surface area contributed by atoms with Gasteiger partial charge in [0, 0.05) is 6.42 Å². The fourth-order valence-corrected chi connectivity index (χ4v) is 2.09. The first-order valence-electron chi connectivity index (χ1n) is 6.70. The zero-order valence-corrected chi connectivity index (χ0v) is 11.8. The number of hydrogen-bond donors (Lipinski definition) is 1. The molecule has 0 bridgehead atoms. The van der Waals surface area contributed by atoms with Crippen LogP contribution in [0.15, 0.2) is 24.3 Å². The lowest BCUT2D eigenvalue weighted by Gasteiger charge is -2.17. The highest BCUT2D eigenvalue weighted by molar-refractivity contribution is 5.70. The van der Waals surface area contributed by atoms with Crippen LogP contribution >= 0.6 is 0 Å². The third-order valence-corrected chi connectivity index (χ3v) is 3.05. The van der Waals surface area contributed by atoms with Gasteiger partial charge in [0.1, 0.15) is 5.75 Å². The average molecular weight is 280 g/mol. The molecule has 1 N–H and O–H groups in total. The molecule has 0 spiro atoms. The summed E-state index contributed by atoms with van der Waals surface area (Å²) in [6.07, 6.45) is 0.861. The van der Waals surface area contributed by atoms with Gasteiger partial charge in [0.2, 0.25) is 0 Å². The van der Waals surface area contributed by atoms with Gasteiger partial charge < -0.3 is 19.3 Å². The molecule has 1 unspecified atom stereocenters. The van der Waals surface area contributed by atoms with Crippen LogP contribution in [0.1, 0.15) is 25.8 Å². The van der Waals surface area contributed by atoms with Gasteiger partial charge >= 0.3 is 5.97 Å². The minimum atomic E-state index is -0.834. The van der Waals surface area contributed by atoms with E-state index in [1.165, 1.54) is 0 Å². The number of benzene rings is 1. The highest BCUT2D eigenvalue weighted by atomic mass is 16.7. The number of carboxylic acids is 1. The lowest BCUT2D eigenvalue weighted by molar-refractivity contribution is -0.139. The van der Waals surface area contributed by atoms with Crippen molar-refractivity contribution in [3.05, 3.63) is 29.8 Å². The van der Waals surface area contributed by atoms with Gasteiger partial charge in [0.25, 0.3) is 0 Å². The topological polar surface area (TPSA) is 65.0 Å². The average Bonchev–Trinajstić information content (AvgIpc) is 2.70. The summed E-state index contributed by atoms with van der Waals surface area (Å²) in [7, 11) is 0.